The van der Waals surface area contributed by atoms with E-state index in [0.717, 1.165) is 17.5 Å². The smallest absolute Gasteiger partial charge is 0.333 e. The second-order valence-electron chi connectivity index (χ2n) is 6.38. The molecule has 2 aromatic carbocycles. The summed E-state index contributed by atoms with van der Waals surface area (Å²) in [6.45, 7) is 3.98. The zero-order valence-electron chi connectivity index (χ0n) is 15.4. The molecule has 3 aromatic rings. The van der Waals surface area contributed by atoms with E-state index in [2.05, 4.69) is 20.6 Å². The van der Waals surface area contributed by atoms with E-state index in [1.54, 1.807) is 18.2 Å². The van der Waals surface area contributed by atoms with E-state index in [0.29, 0.717) is 17.9 Å². The molecule has 7 nitrogen and oxygen atoms in total. The number of halogens is 1. The van der Waals surface area contributed by atoms with E-state index >= 15 is 0 Å². The highest BCUT2D eigenvalue weighted by Gasteiger charge is 2.37. The molecule has 0 aliphatic rings. The Kier molecular flexibility index (Phi) is 5.21. The van der Waals surface area contributed by atoms with Crippen molar-refractivity contribution in [1.82, 2.24) is 15.3 Å². The lowest BCUT2D eigenvalue weighted by Gasteiger charge is -2.27. The van der Waals surface area contributed by atoms with Crippen LogP contribution in [0.15, 0.2) is 48.8 Å². The molecule has 1 aromatic heterocycles. The number of anilines is 1. The van der Waals surface area contributed by atoms with Gasteiger partial charge in [0.15, 0.2) is 5.54 Å². The van der Waals surface area contributed by atoms with Gasteiger partial charge in [0.25, 0.3) is 5.91 Å². The second-order valence-corrected chi connectivity index (χ2v) is 6.38. The fourth-order valence-electron chi connectivity index (χ4n) is 2.84. The zero-order chi connectivity index (χ0) is 20.3. The lowest BCUT2D eigenvalue weighted by molar-refractivity contribution is -0.144. The molecule has 0 bridgehead atoms. The maximum Gasteiger partial charge on any atom is 0.333 e. The Morgan fingerprint density at radius 1 is 1.14 bits per heavy atom. The number of hydrogen-bond acceptors (Lipinski definition) is 5. The Morgan fingerprint density at radius 3 is 2.50 bits per heavy atom. The number of carbonyl (C=O) groups excluding carboxylic acids is 1. The highest BCUT2D eigenvalue weighted by atomic mass is 19.1. The number of carboxylic acids is 1. The normalized spacial score (nSPS) is 13.0. The molecule has 28 heavy (non-hydrogen) atoms. The van der Waals surface area contributed by atoms with E-state index in [4.69, 9.17) is 0 Å². The largest absolute Gasteiger partial charge is 0.479 e. The highest BCUT2D eigenvalue weighted by Crippen LogP contribution is 2.24. The molecule has 144 valence electrons. The summed E-state index contributed by atoms with van der Waals surface area (Å²) in [4.78, 5) is 33.0. The molecule has 0 aliphatic carbocycles. The first-order chi connectivity index (χ1) is 13.3. The molecule has 1 heterocycles. The SMILES string of the molecule is CCNc1ncnc2cc(C(=O)NC(C)(C(=O)O)c3ccc(F)cc3)ccc12. The van der Waals surface area contributed by atoms with Crippen molar-refractivity contribution in [2.45, 2.75) is 19.4 Å². The molecular formula is C20H19FN4O3. The van der Waals surface area contributed by atoms with E-state index in [1.807, 2.05) is 6.92 Å². The Balaban J connectivity index is 1.94. The Bertz CT molecular complexity index is 1040. The molecule has 0 aliphatic heterocycles. The number of benzene rings is 2. The summed E-state index contributed by atoms with van der Waals surface area (Å²) in [6.07, 6.45) is 1.39. The monoisotopic (exact) mass is 382 g/mol. The van der Waals surface area contributed by atoms with Crippen LogP contribution in [0.5, 0.6) is 0 Å². The molecule has 1 atom stereocenters. The fraction of sp³-hybridized carbons (Fsp3) is 0.200. The number of aliphatic carboxylic acids is 1. The van der Waals surface area contributed by atoms with Crippen LogP contribution in [0.2, 0.25) is 0 Å². The summed E-state index contributed by atoms with van der Waals surface area (Å²) in [5.41, 5.74) is -0.659. The molecule has 1 unspecified atom stereocenters. The van der Waals surface area contributed by atoms with Gasteiger partial charge in [-0.25, -0.2) is 19.2 Å². The quantitative estimate of drug-likeness (QED) is 0.606. The molecule has 0 saturated carbocycles. The van der Waals surface area contributed by atoms with Crippen LogP contribution in [0, 0.1) is 5.82 Å². The van der Waals surface area contributed by atoms with Gasteiger partial charge in [-0.1, -0.05) is 12.1 Å². The summed E-state index contributed by atoms with van der Waals surface area (Å²) in [5, 5.41) is 16.1. The number of fused-ring (bicyclic) bond motifs is 1. The van der Waals surface area contributed by atoms with Crippen molar-refractivity contribution in [1.29, 1.82) is 0 Å². The van der Waals surface area contributed by atoms with Gasteiger partial charge in [-0.05, 0) is 49.7 Å². The third kappa shape index (κ3) is 3.62. The van der Waals surface area contributed by atoms with Crippen molar-refractivity contribution in [2.75, 3.05) is 11.9 Å². The Labute approximate surface area is 160 Å². The number of carboxylic acid groups (broad SMARTS) is 1. The minimum atomic E-state index is -1.72. The third-order valence-electron chi connectivity index (χ3n) is 4.46. The Morgan fingerprint density at radius 2 is 1.86 bits per heavy atom. The zero-order valence-corrected chi connectivity index (χ0v) is 15.4. The number of aromatic nitrogens is 2. The van der Waals surface area contributed by atoms with Gasteiger partial charge in [-0.15, -0.1) is 0 Å². The van der Waals surface area contributed by atoms with Crippen molar-refractivity contribution in [3.63, 3.8) is 0 Å². The van der Waals surface area contributed by atoms with E-state index < -0.39 is 23.2 Å². The standard InChI is InChI=1S/C20H19FN4O3/c1-3-22-17-15-9-4-12(10-16(15)23-11-24-17)18(26)25-20(2,19(27)28)13-5-7-14(21)8-6-13/h4-11H,3H2,1-2H3,(H,25,26)(H,27,28)(H,22,23,24). The van der Waals surface area contributed by atoms with Crippen molar-refractivity contribution in [3.8, 4) is 0 Å². The van der Waals surface area contributed by atoms with Crippen molar-refractivity contribution < 1.29 is 19.1 Å². The highest BCUT2D eigenvalue weighted by molar-refractivity contribution is 6.01. The van der Waals surface area contributed by atoms with E-state index in [1.165, 1.54) is 25.4 Å². The predicted molar refractivity (Wildman–Crippen MR) is 103 cm³/mol. The first-order valence-electron chi connectivity index (χ1n) is 8.65. The average Bonchev–Trinajstić information content (AvgIpc) is 2.68. The number of nitrogens with one attached hydrogen (secondary N) is 2. The van der Waals surface area contributed by atoms with Crippen LogP contribution in [-0.4, -0.2) is 33.5 Å². The van der Waals surface area contributed by atoms with Crippen LogP contribution < -0.4 is 10.6 Å². The molecule has 0 fully saturated rings. The van der Waals surface area contributed by atoms with Gasteiger partial charge < -0.3 is 15.7 Å². The molecule has 0 spiro atoms. The van der Waals surface area contributed by atoms with Crippen LogP contribution in [-0.2, 0) is 10.3 Å². The van der Waals surface area contributed by atoms with Crippen molar-refractivity contribution >= 4 is 28.6 Å². The molecule has 3 N–H and O–H groups in total. The number of carbonyl (C=O) groups is 2. The number of nitrogens with zero attached hydrogens (tertiary/aromatic N) is 2. The summed E-state index contributed by atoms with van der Waals surface area (Å²) < 4.78 is 13.2. The maximum absolute atomic E-state index is 13.2. The minimum Gasteiger partial charge on any atom is -0.479 e. The maximum atomic E-state index is 13.2. The first kappa shape index (κ1) is 19.2. The number of amides is 1. The van der Waals surface area contributed by atoms with E-state index in [9.17, 15) is 19.1 Å². The van der Waals surface area contributed by atoms with Gasteiger partial charge in [-0.3, -0.25) is 4.79 Å². The minimum absolute atomic E-state index is 0.253. The molecular weight excluding hydrogens is 363 g/mol. The fourth-order valence-corrected chi connectivity index (χ4v) is 2.84. The van der Waals surface area contributed by atoms with Crippen LogP contribution in [0.1, 0.15) is 29.8 Å². The van der Waals surface area contributed by atoms with Crippen molar-refractivity contribution in [3.05, 3.63) is 65.7 Å². The first-order valence-corrected chi connectivity index (χ1v) is 8.65. The van der Waals surface area contributed by atoms with Gasteiger partial charge in [0.05, 0.1) is 5.52 Å². The topological polar surface area (TPSA) is 104 Å². The van der Waals surface area contributed by atoms with Crippen molar-refractivity contribution in [2.24, 2.45) is 0 Å². The molecule has 3 rings (SSSR count). The van der Waals surface area contributed by atoms with Crippen LogP contribution in [0.3, 0.4) is 0 Å². The van der Waals surface area contributed by atoms with Gasteiger partial charge in [-0.2, -0.15) is 0 Å². The van der Waals surface area contributed by atoms with Gasteiger partial charge >= 0.3 is 5.97 Å². The van der Waals surface area contributed by atoms with Gasteiger partial charge in [0, 0.05) is 17.5 Å². The lowest BCUT2D eigenvalue weighted by Crippen LogP contribution is -2.49. The molecule has 8 heteroatoms. The predicted octanol–water partition coefficient (Wildman–Crippen LogP) is 2.93. The summed E-state index contributed by atoms with van der Waals surface area (Å²) in [6, 6.07) is 9.82. The van der Waals surface area contributed by atoms with Crippen LogP contribution >= 0.6 is 0 Å². The third-order valence-corrected chi connectivity index (χ3v) is 4.46. The van der Waals surface area contributed by atoms with Crippen LogP contribution in [0.4, 0.5) is 10.2 Å². The number of hydrogen-bond donors (Lipinski definition) is 3. The molecule has 0 radical (unpaired) electrons. The Hall–Kier alpha value is -3.55. The second kappa shape index (κ2) is 7.59. The number of rotatable bonds is 6. The average molecular weight is 382 g/mol. The van der Waals surface area contributed by atoms with Gasteiger partial charge in [0.1, 0.15) is 18.0 Å². The summed E-state index contributed by atoms with van der Waals surface area (Å²) in [7, 11) is 0. The summed E-state index contributed by atoms with van der Waals surface area (Å²) in [5.74, 6) is -1.68. The summed E-state index contributed by atoms with van der Waals surface area (Å²) >= 11 is 0. The molecule has 0 saturated heterocycles. The lowest BCUT2D eigenvalue weighted by atomic mass is 9.91. The van der Waals surface area contributed by atoms with Gasteiger partial charge in [0.2, 0.25) is 0 Å². The van der Waals surface area contributed by atoms with Crippen LogP contribution in [0.25, 0.3) is 10.9 Å². The molecule has 1 amide bonds. The van der Waals surface area contributed by atoms with E-state index in [-0.39, 0.29) is 11.1 Å².